The third kappa shape index (κ3) is 6.71. The Morgan fingerprint density at radius 2 is 1.87 bits per heavy atom. The first-order chi connectivity index (χ1) is 11.0. The lowest BCUT2D eigenvalue weighted by molar-refractivity contribution is -0.116. The van der Waals surface area contributed by atoms with Crippen LogP contribution in [-0.2, 0) is 16.0 Å². The lowest BCUT2D eigenvalue weighted by Crippen LogP contribution is -2.45. The van der Waals surface area contributed by atoms with Crippen molar-refractivity contribution in [2.45, 2.75) is 52.2 Å². The van der Waals surface area contributed by atoms with Gasteiger partial charge in [-0.1, -0.05) is 12.1 Å². The molecule has 1 aromatic carbocycles. The van der Waals surface area contributed by atoms with Crippen LogP contribution in [0.5, 0.6) is 5.75 Å². The van der Waals surface area contributed by atoms with Gasteiger partial charge in [0.25, 0.3) is 0 Å². The fraction of sp³-hybridized carbons (Fsp3) is 0.632. The summed E-state index contributed by atoms with van der Waals surface area (Å²) in [6.45, 7) is 9.69. The molecule has 0 spiro atoms. The highest BCUT2D eigenvalue weighted by Gasteiger charge is 2.21. The number of benzene rings is 1. The Labute approximate surface area is 139 Å². The van der Waals surface area contributed by atoms with E-state index in [1.165, 1.54) is 5.56 Å². The number of rotatable bonds is 8. The van der Waals surface area contributed by atoms with Gasteiger partial charge in [-0.25, -0.2) is 0 Å². The summed E-state index contributed by atoms with van der Waals surface area (Å²) in [7, 11) is 0. The van der Waals surface area contributed by atoms with Crippen molar-refractivity contribution < 1.29 is 14.3 Å². The van der Waals surface area contributed by atoms with Crippen molar-refractivity contribution in [2.24, 2.45) is 0 Å². The maximum absolute atomic E-state index is 11.0. The van der Waals surface area contributed by atoms with E-state index in [1.54, 1.807) is 6.92 Å². The van der Waals surface area contributed by atoms with Crippen molar-refractivity contribution in [3.63, 3.8) is 0 Å². The Balaban J connectivity index is 1.65. The van der Waals surface area contributed by atoms with E-state index in [0.717, 1.165) is 44.8 Å². The van der Waals surface area contributed by atoms with Gasteiger partial charge in [-0.05, 0) is 51.3 Å². The minimum atomic E-state index is 0.233. The molecule has 0 aliphatic carbocycles. The molecule has 0 saturated carbocycles. The Hall–Kier alpha value is -1.39. The number of ketones is 1. The molecule has 23 heavy (non-hydrogen) atoms. The number of ether oxygens (including phenoxy) is 2. The Kier molecular flexibility index (Phi) is 7.06. The third-order valence-corrected chi connectivity index (χ3v) is 4.07. The van der Waals surface area contributed by atoms with Gasteiger partial charge in [-0.15, -0.1) is 0 Å². The lowest BCUT2D eigenvalue weighted by atomic mass is 10.1. The molecule has 4 nitrogen and oxygen atoms in total. The summed E-state index contributed by atoms with van der Waals surface area (Å²) < 4.78 is 11.6. The van der Waals surface area contributed by atoms with Crippen LogP contribution in [0.15, 0.2) is 24.3 Å². The second-order valence-electron chi connectivity index (χ2n) is 6.56. The normalized spacial score (nSPS) is 22.0. The number of carbonyl (C=O) groups is 1. The summed E-state index contributed by atoms with van der Waals surface area (Å²) in [5.41, 5.74) is 1.18. The summed E-state index contributed by atoms with van der Waals surface area (Å²) in [6.07, 6.45) is 3.08. The SMILES string of the molecule is CC(=O)CCc1ccc(OCCCN2CC(C)OC(C)C2)cc1. The molecular weight excluding hydrogens is 290 g/mol. The number of morpholine rings is 1. The lowest BCUT2D eigenvalue weighted by Gasteiger charge is -2.35. The molecule has 2 atom stereocenters. The fourth-order valence-corrected chi connectivity index (χ4v) is 3.02. The summed E-state index contributed by atoms with van der Waals surface area (Å²) >= 11 is 0. The smallest absolute Gasteiger partial charge is 0.130 e. The quantitative estimate of drug-likeness (QED) is 0.690. The molecule has 1 saturated heterocycles. The molecule has 1 heterocycles. The highest BCUT2D eigenvalue weighted by Crippen LogP contribution is 2.14. The first-order valence-corrected chi connectivity index (χ1v) is 8.62. The molecule has 1 fully saturated rings. The van der Waals surface area contributed by atoms with Crippen LogP contribution in [0, 0.1) is 0 Å². The molecular formula is C19H29NO3. The zero-order valence-electron chi connectivity index (χ0n) is 14.6. The Morgan fingerprint density at radius 3 is 2.48 bits per heavy atom. The summed E-state index contributed by atoms with van der Waals surface area (Å²) in [5, 5.41) is 0. The maximum Gasteiger partial charge on any atom is 0.130 e. The van der Waals surface area contributed by atoms with Crippen LogP contribution in [0.1, 0.15) is 39.2 Å². The summed E-state index contributed by atoms with van der Waals surface area (Å²) in [6, 6.07) is 8.08. The number of Topliss-reactive ketones (excluding diaryl/α,β-unsaturated/α-hetero) is 1. The second-order valence-corrected chi connectivity index (χ2v) is 6.56. The minimum absolute atomic E-state index is 0.233. The Morgan fingerprint density at radius 1 is 1.22 bits per heavy atom. The molecule has 2 rings (SSSR count). The minimum Gasteiger partial charge on any atom is -0.494 e. The van der Waals surface area contributed by atoms with E-state index in [1.807, 2.05) is 24.3 Å². The van der Waals surface area contributed by atoms with Gasteiger partial charge in [0, 0.05) is 26.1 Å². The van der Waals surface area contributed by atoms with Gasteiger partial charge in [-0.3, -0.25) is 4.90 Å². The summed E-state index contributed by atoms with van der Waals surface area (Å²) in [5.74, 6) is 1.14. The zero-order valence-corrected chi connectivity index (χ0v) is 14.6. The van der Waals surface area contributed by atoms with Gasteiger partial charge in [0.05, 0.1) is 18.8 Å². The molecule has 1 aliphatic rings. The number of carbonyl (C=O) groups excluding carboxylic acids is 1. The summed E-state index contributed by atoms with van der Waals surface area (Å²) in [4.78, 5) is 13.4. The van der Waals surface area contributed by atoms with Crippen LogP contribution in [0.25, 0.3) is 0 Å². The molecule has 0 aromatic heterocycles. The molecule has 128 valence electrons. The number of hydrogen-bond acceptors (Lipinski definition) is 4. The van der Waals surface area contributed by atoms with Gasteiger partial charge in [0.15, 0.2) is 0 Å². The molecule has 2 unspecified atom stereocenters. The van der Waals surface area contributed by atoms with E-state index in [9.17, 15) is 4.79 Å². The van der Waals surface area contributed by atoms with Crippen LogP contribution < -0.4 is 4.74 Å². The van der Waals surface area contributed by atoms with Crippen LogP contribution in [-0.4, -0.2) is 49.1 Å². The maximum atomic E-state index is 11.0. The van der Waals surface area contributed by atoms with E-state index in [-0.39, 0.29) is 5.78 Å². The second kappa shape index (κ2) is 9.04. The topological polar surface area (TPSA) is 38.8 Å². The molecule has 1 aliphatic heterocycles. The van der Waals surface area contributed by atoms with Crippen molar-refractivity contribution in [3.05, 3.63) is 29.8 Å². The largest absolute Gasteiger partial charge is 0.494 e. The Bertz CT molecular complexity index is 476. The highest BCUT2D eigenvalue weighted by molar-refractivity contribution is 5.75. The van der Waals surface area contributed by atoms with E-state index in [2.05, 4.69) is 18.7 Å². The van der Waals surface area contributed by atoms with E-state index in [4.69, 9.17) is 9.47 Å². The third-order valence-electron chi connectivity index (χ3n) is 4.07. The van der Waals surface area contributed by atoms with Crippen molar-refractivity contribution in [3.8, 4) is 5.75 Å². The standard InChI is InChI=1S/C19H29NO3/c1-15(21)5-6-18-7-9-19(10-8-18)22-12-4-11-20-13-16(2)23-17(3)14-20/h7-10,16-17H,4-6,11-14H2,1-3H3. The van der Waals surface area contributed by atoms with E-state index in [0.29, 0.717) is 18.6 Å². The predicted octanol–water partition coefficient (Wildman–Crippen LogP) is 3.09. The van der Waals surface area contributed by atoms with E-state index >= 15 is 0 Å². The van der Waals surface area contributed by atoms with Gasteiger partial charge in [-0.2, -0.15) is 0 Å². The first-order valence-electron chi connectivity index (χ1n) is 8.62. The number of nitrogens with zero attached hydrogens (tertiary/aromatic N) is 1. The van der Waals surface area contributed by atoms with Gasteiger partial charge < -0.3 is 14.3 Å². The molecule has 0 radical (unpaired) electrons. The predicted molar refractivity (Wildman–Crippen MR) is 92.0 cm³/mol. The van der Waals surface area contributed by atoms with Crippen molar-refractivity contribution in [1.29, 1.82) is 0 Å². The monoisotopic (exact) mass is 319 g/mol. The van der Waals surface area contributed by atoms with Crippen LogP contribution in [0.2, 0.25) is 0 Å². The molecule has 1 aromatic rings. The van der Waals surface area contributed by atoms with Crippen molar-refractivity contribution in [1.82, 2.24) is 4.90 Å². The van der Waals surface area contributed by atoms with Gasteiger partial charge in [0.1, 0.15) is 11.5 Å². The van der Waals surface area contributed by atoms with Gasteiger partial charge in [0.2, 0.25) is 0 Å². The average molecular weight is 319 g/mol. The van der Waals surface area contributed by atoms with Crippen LogP contribution >= 0.6 is 0 Å². The molecule has 0 bridgehead atoms. The van der Waals surface area contributed by atoms with Crippen LogP contribution in [0.3, 0.4) is 0 Å². The molecule has 4 heteroatoms. The number of hydrogen-bond donors (Lipinski definition) is 0. The number of aryl methyl sites for hydroxylation is 1. The highest BCUT2D eigenvalue weighted by atomic mass is 16.5. The fourth-order valence-electron chi connectivity index (χ4n) is 3.02. The zero-order chi connectivity index (χ0) is 16.7. The average Bonchev–Trinajstić information content (AvgIpc) is 2.50. The molecule has 0 amide bonds. The van der Waals surface area contributed by atoms with Crippen LogP contribution in [0.4, 0.5) is 0 Å². The van der Waals surface area contributed by atoms with E-state index < -0.39 is 0 Å². The molecule has 0 N–H and O–H groups in total. The van der Waals surface area contributed by atoms with Gasteiger partial charge >= 0.3 is 0 Å². The van der Waals surface area contributed by atoms with Crippen molar-refractivity contribution >= 4 is 5.78 Å². The first kappa shape index (κ1) is 18.0. The van der Waals surface area contributed by atoms with Crippen molar-refractivity contribution in [2.75, 3.05) is 26.2 Å².